The maximum Gasteiger partial charge on any atom is 0.130 e. The Bertz CT molecular complexity index is 1270. The van der Waals surface area contributed by atoms with Gasteiger partial charge in [-0.25, -0.2) is 14.4 Å². The summed E-state index contributed by atoms with van der Waals surface area (Å²) in [6, 6.07) is 15.0. The minimum absolute atomic E-state index is 0.0141. The summed E-state index contributed by atoms with van der Waals surface area (Å²) in [4.78, 5) is 16.8. The third-order valence-corrected chi connectivity index (χ3v) is 6.80. The van der Waals surface area contributed by atoms with Gasteiger partial charge >= 0.3 is 0 Å². The number of H-pyrrole nitrogens is 1. The average molecular weight is 470 g/mol. The molecule has 178 valence electrons. The summed E-state index contributed by atoms with van der Waals surface area (Å²) in [6.07, 6.45) is 8.89. The molecular weight excluding hydrogens is 441 g/mol. The van der Waals surface area contributed by atoms with Gasteiger partial charge in [0.25, 0.3) is 0 Å². The lowest BCUT2D eigenvalue weighted by molar-refractivity contribution is 0.399. The molecule has 1 aromatic carbocycles. The van der Waals surface area contributed by atoms with E-state index in [1.807, 2.05) is 29.2 Å². The fraction of sp³-hybridized carbons (Fsp3) is 0.333. The zero-order valence-corrected chi connectivity index (χ0v) is 19.5. The van der Waals surface area contributed by atoms with Gasteiger partial charge in [-0.3, -0.25) is 5.41 Å². The van der Waals surface area contributed by atoms with Crippen LogP contribution in [-0.4, -0.2) is 45.3 Å². The number of hydrogen-bond donors (Lipinski definition) is 2. The van der Waals surface area contributed by atoms with Crippen LogP contribution in [0, 0.1) is 28.5 Å². The number of hydrogen-bond acceptors (Lipinski definition) is 5. The number of benzene rings is 1. The molecule has 2 aliphatic rings. The van der Waals surface area contributed by atoms with E-state index in [0.717, 1.165) is 68.1 Å². The van der Waals surface area contributed by atoms with Gasteiger partial charge in [0.05, 0.1) is 29.7 Å². The maximum absolute atomic E-state index is 13.7. The second-order valence-corrected chi connectivity index (χ2v) is 9.08. The summed E-state index contributed by atoms with van der Waals surface area (Å²) in [5, 5.41) is 17.7. The van der Waals surface area contributed by atoms with Crippen molar-refractivity contribution in [2.24, 2.45) is 5.92 Å². The minimum atomic E-state index is -0.246. The molecule has 3 aromatic rings. The monoisotopic (exact) mass is 469 g/mol. The number of anilines is 1. The molecule has 5 rings (SSSR count). The maximum atomic E-state index is 13.7. The van der Waals surface area contributed by atoms with Gasteiger partial charge in [-0.2, -0.15) is 5.26 Å². The molecule has 0 radical (unpaired) electrons. The molecule has 0 bridgehead atoms. The van der Waals surface area contributed by atoms with Crippen molar-refractivity contribution in [3.05, 3.63) is 71.9 Å². The molecule has 2 saturated heterocycles. The number of amidine groups is 1. The van der Waals surface area contributed by atoms with Crippen molar-refractivity contribution in [1.29, 1.82) is 10.7 Å². The van der Waals surface area contributed by atoms with Crippen molar-refractivity contribution in [2.75, 3.05) is 24.5 Å². The number of nitrogens with one attached hydrogen (secondary N) is 2. The number of nitrogens with zero attached hydrogens (tertiary/aromatic N) is 5. The smallest absolute Gasteiger partial charge is 0.130 e. The summed E-state index contributed by atoms with van der Waals surface area (Å²) >= 11 is 0. The Balaban J connectivity index is 1.26. The number of rotatable bonds is 5. The van der Waals surface area contributed by atoms with Gasteiger partial charge < -0.3 is 14.8 Å². The number of aromatic amines is 1. The molecule has 2 aromatic heterocycles. The number of aromatic nitrogens is 3. The van der Waals surface area contributed by atoms with Crippen molar-refractivity contribution in [2.45, 2.75) is 31.7 Å². The van der Waals surface area contributed by atoms with E-state index in [2.05, 4.69) is 20.9 Å². The molecule has 0 spiro atoms. The number of imidazole rings is 1. The minimum Gasteiger partial charge on any atom is -0.357 e. The van der Waals surface area contributed by atoms with Crippen LogP contribution in [0.2, 0.25) is 0 Å². The van der Waals surface area contributed by atoms with Crippen molar-refractivity contribution < 1.29 is 4.39 Å². The van der Waals surface area contributed by atoms with Crippen molar-refractivity contribution in [3.8, 4) is 17.5 Å². The lowest BCUT2D eigenvalue weighted by Gasteiger charge is -2.30. The van der Waals surface area contributed by atoms with Gasteiger partial charge in [-0.05, 0) is 67.7 Å². The highest BCUT2D eigenvalue weighted by Crippen LogP contribution is 2.32. The van der Waals surface area contributed by atoms with Crippen molar-refractivity contribution >= 4 is 17.7 Å². The fourth-order valence-corrected chi connectivity index (χ4v) is 4.91. The molecule has 1 unspecified atom stereocenters. The second kappa shape index (κ2) is 10.1. The Kier molecular flexibility index (Phi) is 6.57. The first-order chi connectivity index (χ1) is 17.1. The van der Waals surface area contributed by atoms with Crippen LogP contribution in [0.3, 0.4) is 0 Å². The van der Waals surface area contributed by atoms with Gasteiger partial charge in [0.15, 0.2) is 0 Å². The number of pyridine rings is 1. The van der Waals surface area contributed by atoms with Crippen LogP contribution >= 0.6 is 0 Å². The average Bonchev–Trinajstić information content (AvgIpc) is 3.58. The Morgan fingerprint density at radius 2 is 1.97 bits per heavy atom. The third kappa shape index (κ3) is 5.09. The molecule has 0 saturated carbocycles. The molecule has 8 heteroatoms. The topological polar surface area (TPSA) is 95.7 Å². The van der Waals surface area contributed by atoms with Gasteiger partial charge in [-0.15, -0.1) is 0 Å². The van der Waals surface area contributed by atoms with E-state index in [-0.39, 0.29) is 17.8 Å². The Hall–Kier alpha value is -3.99. The summed E-state index contributed by atoms with van der Waals surface area (Å²) in [6.45, 7) is 2.44. The highest BCUT2D eigenvalue weighted by atomic mass is 19.1. The van der Waals surface area contributed by atoms with Crippen molar-refractivity contribution in [3.63, 3.8) is 0 Å². The quantitative estimate of drug-likeness (QED) is 0.397. The molecule has 0 amide bonds. The number of piperidine rings is 1. The summed E-state index contributed by atoms with van der Waals surface area (Å²) < 4.78 is 13.7. The Labute approximate surface area is 204 Å². The standard InChI is InChI=1S/C27H28FN7/c28-21-5-1-4-20(16-21)24-7-3-13-35(24)25(30)9-10-26-31-18-23(32-26)22-6-2-8-27(33-22)34-14-11-19(17-29)12-15-34/h1-2,4-6,8-10,16,18-19,24,30H,3,7,11-15H2,(H,31,32)/b10-9-,30-25?. The van der Waals surface area contributed by atoms with E-state index in [1.165, 1.54) is 6.07 Å². The molecule has 0 aliphatic carbocycles. The van der Waals surface area contributed by atoms with Crippen LogP contribution < -0.4 is 4.90 Å². The fourth-order valence-electron chi connectivity index (χ4n) is 4.91. The predicted octanol–water partition coefficient (Wildman–Crippen LogP) is 5.18. The van der Waals surface area contributed by atoms with E-state index in [4.69, 9.17) is 15.7 Å². The normalized spacial score (nSPS) is 18.8. The van der Waals surface area contributed by atoms with Gasteiger partial charge in [0.1, 0.15) is 23.3 Å². The number of likely N-dealkylation sites (tertiary alicyclic amines) is 1. The molecular formula is C27H28FN7. The number of halogens is 1. The van der Waals surface area contributed by atoms with Crippen LogP contribution in [0.4, 0.5) is 10.2 Å². The third-order valence-electron chi connectivity index (χ3n) is 6.80. The summed E-state index contributed by atoms with van der Waals surface area (Å²) in [5.41, 5.74) is 2.52. The van der Waals surface area contributed by atoms with Crippen LogP contribution in [0.1, 0.15) is 43.1 Å². The largest absolute Gasteiger partial charge is 0.357 e. The zero-order valence-electron chi connectivity index (χ0n) is 19.5. The number of nitriles is 1. The zero-order chi connectivity index (χ0) is 24.2. The predicted molar refractivity (Wildman–Crippen MR) is 134 cm³/mol. The lowest BCUT2D eigenvalue weighted by Crippen LogP contribution is -2.33. The van der Waals surface area contributed by atoms with Crippen LogP contribution in [0.5, 0.6) is 0 Å². The molecule has 2 fully saturated rings. The van der Waals surface area contributed by atoms with Crippen LogP contribution in [-0.2, 0) is 0 Å². The molecule has 4 heterocycles. The first-order valence-corrected chi connectivity index (χ1v) is 12.1. The summed E-state index contributed by atoms with van der Waals surface area (Å²) in [5.74, 6) is 1.83. The van der Waals surface area contributed by atoms with Crippen LogP contribution in [0.15, 0.2) is 54.7 Å². The first-order valence-electron chi connectivity index (χ1n) is 12.1. The van der Waals surface area contributed by atoms with Gasteiger partial charge in [0, 0.05) is 25.6 Å². The molecule has 1 atom stereocenters. The highest BCUT2D eigenvalue weighted by Gasteiger charge is 2.27. The van der Waals surface area contributed by atoms with Crippen LogP contribution in [0.25, 0.3) is 17.5 Å². The van der Waals surface area contributed by atoms with E-state index in [1.54, 1.807) is 30.5 Å². The molecule has 2 aliphatic heterocycles. The Morgan fingerprint density at radius 1 is 1.14 bits per heavy atom. The van der Waals surface area contributed by atoms with Gasteiger partial charge in [0.2, 0.25) is 0 Å². The SMILES string of the molecule is N#CC1CCN(c2cccc(-c3cnc(/C=C\C(=N)N4CCCC4c4cccc(F)c4)[nH]3)n2)CC1. The molecule has 2 N–H and O–H groups in total. The summed E-state index contributed by atoms with van der Waals surface area (Å²) in [7, 11) is 0. The van der Waals surface area contributed by atoms with E-state index in [0.29, 0.717) is 11.7 Å². The second-order valence-electron chi connectivity index (χ2n) is 9.08. The van der Waals surface area contributed by atoms with Gasteiger partial charge in [-0.1, -0.05) is 18.2 Å². The Morgan fingerprint density at radius 3 is 2.77 bits per heavy atom. The van der Waals surface area contributed by atoms with E-state index in [9.17, 15) is 4.39 Å². The first kappa shape index (κ1) is 22.8. The highest BCUT2D eigenvalue weighted by molar-refractivity contribution is 5.94. The lowest BCUT2D eigenvalue weighted by atomic mass is 9.99. The molecule has 7 nitrogen and oxygen atoms in total. The molecule has 35 heavy (non-hydrogen) atoms. The van der Waals surface area contributed by atoms with E-state index >= 15 is 0 Å². The van der Waals surface area contributed by atoms with E-state index < -0.39 is 0 Å². The van der Waals surface area contributed by atoms with Crippen molar-refractivity contribution in [1.82, 2.24) is 19.9 Å².